The summed E-state index contributed by atoms with van der Waals surface area (Å²) < 4.78 is 80.3. The van der Waals surface area contributed by atoms with E-state index in [1.807, 2.05) is 0 Å². The minimum absolute atomic E-state index is 0.0204. The lowest BCUT2D eigenvalue weighted by molar-refractivity contribution is -0.197. The molecule has 1 N–H and O–H groups in total. The largest absolute Gasteiger partial charge is 0.448 e. The Morgan fingerprint density at radius 2 is 1.42 bits per heavy atom. The van der Waals surface area contributed by atoms with Crippen LogP contribution in [0.15, 0.2) is 33.2 Å². The molecule has 16 heteroatoms. The minimum Gasteiger partial charge on any atom is -0.448 e. The summed E-state index contributed by atoms with van der Waals surface area (Å²) >= 11 is 6.04. The van der Waals surface area contributed by atoms with Crippen LogP contribution in [0.2, 0.25) is 0 Å². The van der Waals surface area contributed by atoms with E-state index < -0.39 is 51.2 Å². The average Bonchev–Trinajstić information content (AvgIpc) is 2.78. The zero-order valence-corrected chi connectivity index (χ0v) is 22.1. The highest BCUT2D eigenvalue weighted by atomic mass is 79.9. The Labute approximate surface area is 225 Å². The Hall–Kier alpha value is -1.77. The summed E-state index contributed by atoms with van der Waals surface area (Å²) in [5.74, 6) is -4.86. The van der Waals surface area contributed by atoms with Crippen molar-refractivity contribution in [2.24, 2.45) is 0 Å². The molecule has 186 valence electrons. The first-order chi connectivity index (χ1) is 16.6. The van der Waals surface area contributed by atoms with Crippen LogP contribution in [-0.4, -0.2) is 66.5 Å². The number of halogens is 5. The lowest BCUT2D eigenvalue weighted by atomic mass is 9.85. The molecule has 1 unspecified atom stereocenters. The number of alkyl halides is 3. The Morgan fingerprint density at radius 3 is 1.81 bits per heavy atom. The topological polar surface area (TPSA) is 107 Å². The highest BCUT2D eigenvalue weighted by molar-refractivity contribution is 9.11. The van der Waals surface area contributed by atoms with E-state index >= 15 is 0 Å². The summed E-state index contributed by atoms with van der Waals surface area (Å²) in [6.45, 7) is 0. The molecule has 0 fully saturated rings. The highest BCUT2D eigenvalue weighted by Crippen LogP contribution is 2.34. The zero-order chi connectivity index (χ0) is 27.4. The van der Waals surface area contributed by atoms with Gasteiger partial charge in [0.05, 0.1) is 34.7 Å². The quantitative estimate of drug-likeness (QED) is 0.193. The standard InChI is InChI=1S/C20H14B3Br2F3O7S/c21-5-9-3-10(6-22)17(11(4-9)7-23)35-19(30)16-13(25)2-1-12(24)15(16)18(29)34-14(20(26,27)28)8-36(31,32)33/h1-4,14H,5-8H2,(H,31,32,33). The smallest absolute Gasteiger partial charge is 0.426 e. The lowest BCUT2D eigenvalue weighted by Gasteiger charge is -2.21. The molecule has 2 rings (SSSR count). The van der Waals surface area contributed by atoms with E-state index in [1.54, 1.807) is 12.1 Å². The molecule has 36 heavy (non-hydrogen) atoms. The normalized spacial score (nSPS) is 12.7. The van der Waals surface area contributed by atoms with Crippen molar-refractivity contribution in [1.29, 1.82) is 0 Å². The Balaban J connectivity index is 2.56. The van der Waals surface area contributed by atoms with Crippen molar-refractivity contribution < 1.29 is 45.2 Å². The van der Waals surface area contributed by atoms with Crippen LogP contribution in [0.5, 0.6) is 5.75 Å². The van der Waals surface area contributed by atoms with Crippen LogP contribution in [0.4, 0.5) is 13.2 Å². The maximum atomic E-state index is 13.3. The molecule has 0 amide bonds. The predicted octanol–water partition coefficient (Wildman–Crippen LogP) is 3.41. The number of carbonyl (C=O) groups is 2. The first-order valence-electron chi connectivity index (χ1n) is 9.80. The second-order valence-corrected chi connectivity index (χ2v) is 10.4. The summed E-state index contributed by atoms with van der Waals surface area (Å²) in [5.41, 5.74) is 0.136. The molecule has 0 aromatic heterocycles. The number of rotatable bonds is 9. The monoisotopic (exact) mass is 646 g/mol. The minimum atomic E-state index is -5.35. The molecule has 0 spiro atoms. The predicted molar refractivity (Wildman–Crippen MR) is 133 cm³/mol. The van der Waals surface area contributed by atoms with Gasteiger partial charge < -0.3 is 9.47 Å². The van der Waals surface area contributed by atoms with Gasteiger partial charge in [-0.05, 0) is 55.1 Å². The molecule has 0 aliphatic heterocycles. The average molecular weight is 648 g/mol. The van der Waals surface area contributed by atoms with Crippen LogP contribution in [0.25, 0.3) is 0 Å². The van der Waals surface area contributed by atoms with Crippen molar-refractivity contribution in [3.05, 3.63) is 61.0 Å². The SMILES string of the molecule is [B]Cc1cc(C[B])c(OC(=O)c2c(Br)ccc(Br)c2C(=O)OC(CS(=O)(=O)O)C(F)(F)F)c(C[B])c1. The molecule has 7 nitrogen and oxygen atoms in total. The maximum Gasteiger partial charge on any atom is 0.426 e. The number of esters is 2. The van der Waals surface area contributed by atoms with Crippen LogP contribution in [0.1, 0.15) is 37.4 Å². The third-order valence-electron chi connectivity index (χ3n) is 4.66. The summed E-state index contributed by atoms with van der Waals surface area (Å²) in [6.07, 6.45) is -8.58. The number of hydrogen-bond acceptors (Lipinski definition) is 6. The number of hydrogen-bond donors (Lipinski definition) is 1. The maximum absolute atomic E-state index is 13.3. The van der Waals surface area contributed by atoms with Gasteiger partial charge in [-0.15, -0.1) is 0 Å². The van der Waals surface area contributed by atoms with E-state index in [2.05, 4.69) is 36.6 Å². The van der Waals surface area contributed by atoms with E-state index in [0.717, 1.165) is 0 Å². The van der Waals surface area contributed by atoms with Gasteiger partial charge in [0.25, 0.3) is 10.1 Å². The molecule has 0 bridgehead atoms. The first kappa shape index (κ1) is 30.5. The molecular weight excluding hydrogens is 634 g/mol. The van der Waals surface area contributed by atoms with Crippen molar-refractivity contribution in [2.75, 3.05) is 5.75 Å². The van der Waals surface area contributed by atoms with Gasteiger partial charge in [-0.3, -0.25) is 4.55 Å². The van der Waals surface area contributed by atoms with Gasteiger partial charge in [0.15, 0.2) is 0 Å². The summed E-state index contributed by atoms with van der Waals surface area (Å²) in [6, 6.07) is 5.70. The molecule has 1 atom stereocenters. The fourth-order valence-corrected chi connectivity index (χ4v) is 4.67. The van der Waals surface area contributed by atoms with E-state index in [0.29, 0.717) is 16.7 Å². The Kier molecular flexibility index (Phi) is 10.3. The van der Waals surface area contributed by atoms with Crippen molar-refractivity contribution >= 4 is 77.5 Å². The number of ether oxygens (including phenoxy) is 2. The molecule has 2 aromatic rings. The molecule has 0 saturated carbocycles. The van der Waals surface area contributed by atoms with Crippen molar-refractivity contribution in [3.63, 3.8) is 0 Å². The fraction of sp³-hybridized carbons (Fsp3) is 0.300. The van der Waals surface area contributed by atoms with Gasteiger partial charge in [0.1, 0.15) is 11.5 Å². The number of carbonyl (C=O) groups excluding carboxylic acids is 2. The van der Waals surface area contributed by atoms with Crippen LogP contribution in [-0.2, 0) is 33.8 Å². The summed E-state index contributed by atoms with van der Waals surface area (Å²) in [5, 5.41) is 0. The van der Waals surface area contributed by atoms with Crippen LogP contribution < -0.4 is 4.74 Å². The molecule has 2 aromatic carbocycles. The fourth-order valence-electron chi connectivity index (χ4n) is 3.05. The van der Waals surface area contributed by atoms with E-state index in [1.165, 1.54) is 12.1 Å². The van der Waals surface area contributed by atoms with E-state index in [9.17, 15) is 31.2 Å². The molecule has 0 aliphatic rings. The van der Waals surface area contributed by atoms with Gasteiger partial charge in [-0.1, -0.05) is 36.7 Å². The number of benzene rings is 2. The first-order valence-corrected chi connectivity index (χ1v) is 13.0. The Morgan fingerprint density at radius 1 is 0.944 bits per heavy atom. The Bertz CT molecular complexity index is 1250. The summed E-state index contributed by atoms with van der Waals surface area (Å²) in [4.78, 5) is 25.9. The molecule has 6 radical (unpaired) electrons. The third kappa shape index (κ3) is 7.62. The van der Waals surface area contributed by atoms with Crippen LogP contribution in [0, 0.1) is 0 Å². The van der Waals surface area contributed by atoms with Crippen molar-refractivity contribution in [1.82, 2.24) is 0 Å². The van der Waals surface area contributed by atoms with Crippen molar-refractivity contribution in [2.45, 2.75) is 31.2 Å². The second kappa shape index (κ2) is 12.2. The van der Waals surface area contributed by atoms with Gasteiger partial charge in [0.2, 0.25) is 6.10 Å². The van der Waals surface area contributed by atoms with E-state index in [-0.39, 0.29) is 33.7 Å². The van der Waals surface area contributed by atoms with Crippen LogP contribution >= 0.6 is 31.9 Å². The third-order valence-corrected chi connectivity index (χ3v) is 6.71. The van der Waals surface area contributed by atoms with Crippen molar-refractivity contribution in [3.8, 4) is 5.75 Å². The van der Waals surface area contributed by atoms with Gasteiger partial charge in [-0.2, -0.15) is 21.6 Å². The highest BCUT2D eigenvalue weighted by Gasteiger charge is 2.46. The van der Waals surface area contributed by atoms with Gasteiger partial charge in [0, 0.05) is 8.95 Å². The lowest BCUT2D eigenvalue weighted by Crippen LogP contribution is -2.39. The molecule has 0 saturated heterocycles. The zero-order valence-electron chi connectivity index (χ0n) is 18.1. The van der Waals surface area contributed by atoms with Gasteiger partial charge in [-0.25, -0.2) is 9.59 Å². The van der Waals surface area contributed by atoms with Crippen LogP contribution in [0.3, 0.4) is 0 Å². The van der Waals surface area contributed by atoms with Gasteiger partial charge >= 0.3 is 18.1 Å². The van der Waals surface area contributed by atoms with E-state index in [4.69, 9.17) is 32.8 Å². The molecular formula is C20H14B3Br2F3O7S. The summed E-state index contributed by atoms with van der Waals surface area (Å²) in [7, 11) is 12.0. The molecule has 0 heterocycles. The second-order valence-electron chi connectivity index (χ2n) is 7.21. The molecule has 0 aliphatic carbocycles.